The van der Waals surface area contributed by atoms with E-state index in [2.05, 4.69) is 10.2 Å². The second kappa shape index (κ2) is 8.69. The van der Waals surface area contributed by atoms with Crippen LogP contribution in [0.5, 0.6) is 0 Å². The second-order valence-corrected chi connectivity index (χ2v) is 7.47. The maximum Gasteiger partial charge on any atom is 0.405 e. The number of alkyl halides is 3. The van der Waals surface area contributed by atoms with E-state index in [0.717, 1.165) is 34.1 Å². The molecule has 1 amide bonds. The molecule has 1 heterocycles. The lowest BCUT2D eigenvalue weighted by Crippen LogP contribution is -2.34. The average Bonchev–Trinajstić information content (AvgIpc) is 3.09. The summed E-state index contributed by atoms with van der Waals surface area (Å²) in [6.07, 6.45) is -4.44. The Morgan fingerprint density at radius 3 is 2.17 bits per heavy atom. The summed E-state index contributed by atoms with van der Waals surface area (Å²) in [6, 6.07) is 15.5. The maximum atomic E-state index is 12.3. The van der Waals surface area contributed by atoms with Crippen molar-refractivity contribution in [2.75, 3.05) is 12.3 Å². The molecular formula is C20H19F3N4OS. The van der Waals surface area contributed by atoms with Gasteiger partial charge in [-0.05, 0) is 26.0 Å². The summed E-state index contributed by atoms with van der Waals surface area (Å²) in [5.41, 5.74) is 3.83. The van der Waals surface area contributed by atoms with Crippen LogP contribution in [0.15, 0.2) is 53.7 Å². The first-order chi connectivity index (χ1) is 13.7. The standard InChI is InChI=1S/C20H19F3N4OS/c1-13-3-7-15(8-4-13)18-25-26-19(27(18)16-9-5-14(2)6-10-16)29-11-17(28)24-12-20(21,22)23/h3-10H,11-12H2,1-2H3,(H,24,28). The minimum absolute atomic E-state index is 0.200. The highest BCUT2D eigenvalue weighted by atomic mass is 32.2. The second-order valence-electron chi connectivity index (χ2n) is 6.52. The number of nitrogens with one attached hydrogen (secondary N) is 1. The fourth-order valence-electron chi connectivity index (χ4n) is 2.56. The van der Waals surface area contributed by atoms with Crippen molar-refractivity contribution in [1.29, 1.82) is 0 Å². The molecule has 0 saturated carbocycles. The fraction of sp³-hybridized carbons (Fsp3) is 0.250. The zero-order valence-corrected chi connectivity index (χ0v) is 16.6. The van der Waals surface area contributed by atoms with Crippen molar-refractivity contribution in [3.8, 4) is 17.1 Å². The summed E-state index contributed by atoms with van der Waals surface area (Å²) in [7, 11) is 0. The number of halogens is 3. The van der Waals surface area contributed by atoms with Crippen LogP contribution in [0.3, 0.4) is 0 Å². The van der Waals surface area contributed by atoms with Gasteiger partial charge >= 0.3 is 6.18 Å². The van der Waals surface area contributed by atoms with Gasteiger partial charge in [0.1, 0.15) is 6.54 Å². The summed E-state index contributed by atoms with van der Waals surface area (Å²) >= 11 is 1.03. The molecule has 0 spiro atoms. The lowest BCUT2D eigenvalue weighted by atomic mass is 10.1. The molecule has 1 N–H and O–H groups in total. The van der Waals surface area contributed by atoms with Gasteiger partial charge in [-0.1, -0.05) is 59.3 Å². The molecule has 0 unspecified atom stereocenters. The molecular weight excluding hydrogens is 401 g/mol. The molecule has 0 aliphatic heterocycles. The number of hydrogen-bond donors (Lipinski definition) is 1. The number of thioether (sulfide) groups is 1. The van der Waals surface area contributed by atoms with E-state index in [1.807, 2.05) is 67.7 Å². The average molecular weight is 420 g/mol. The molecule has 1 aromatic heterocycles. The van der Waals surface area contributed by atoms with Crippen LogP contribution in [0.4, 0.5) is 13.2 Å². The Kier molecular flexibility index (Phi) is 6.26. The molecule has 3 rings (SSSR count). The van der Waals surface area contributed by atoms with E-state index in [1.54, 1.807) is 4.57 Å². The quantitative estimate of drug-likeness (QED) is 0.604. The van der Waals surface area contributed by atoms with Crippen molar-refractivity contribution in [2.45, 2.75) is 25.2 Å². The van der Waals surface area contributed by atoms with E-state index in [4.69, 9.17) is 0 Å². The van der Waals surface area contributed by atoms with E-state index in [1.165, 1.54) is 0 Å². The van der Waals surface area contributed by atoms with Crippen molar-refractivity contribution >= 4 is 17.7 Å². The van der Waals surface area contributed by atoms with E-state index >= 15 is 0 Å². The lowest BCUT2D eigenvalue weighted by Gasteiger charge is -2.11. The highest BCUT2D eigenvalue weighted by Gasteiger charge is 2.27. The number of hydrogen-bond acceptors (Lipinski definition) is 4. The van der Waals surface area contributed by atoms with Gasteiger partial charge in [0, 0.05) is 11.3 Å². The lowest BCUT2D eigenvalue weighted by molar-refractivity contribution is -0.136. The molecule has 152 valence electrons. The monoisotopic (exact) mass is 420 g/mol. The molecule has 5 nitrogen and oxygen atoms in total. The molecule has 0 radical (unpaired) electrons. The number of nitrogens with zero attached hydrogens (tertiary/aromatic N) is 3. The first-order valence-corrected chi connectivity index (χ1v) is 9.77. The van der Waals surface area contributed by atoms with Gasteiger partial charge in [-0.15, -0.1) is 10.2 Å². The van der Waals surface area contributed by atoms with Gasteiger partial charge < -0.3 is 5.32 Å². The molecule has 0 atom stereocenters. The van der Waals surface area contributed by atoms with Gasteiger partial charge in [0.05, 0.1) is 5.75 Å². The molecule has 0 aliphatic carbocycles. The Labute approximate surface area is 170 Å². The number of carbonyl (C=O) groups excluding carboxylic acids is 1. The predicted molar refractivity (Wildman–Crippen MR) is 106 cm³/mol. The molecule has 29 heavy (non-hydrogen) atoms. The van der Waals surface area contributed by atoms with Crippen molar-refractivity contribution in [1.82, 2.24) is 20.1 Å². The van der Waals surface area contributed by atoms with E-state index in [9.17, 15) is 18.0 Å². The fourth-order valence-corrected chi connectivity index (χ4v) is 3.34. The molecule has 2 aromatic carbocycles. The summed E-state index contributed by atoms with van der Waals surface area (Å²) < 4.78 is 38.6. The zero-order valence-electron chi connectivity index (χ0n) is 15.8. The summed E-state index contributed by atoms with van der Waals surface area (Å²) in [5, 5.41) is 10.7. The highest BCUT2D eigenvalue weighted by Crippen LogP contribution is 2.28. The molecule has 0 saturated heterocycles. The third kappa shape index (κ3) is 5.60. The van der Waals surface area contributed by atoms with Crippen molar-refractivity contribution in [3.05, 3.63) is 59.7 Å². The van der Waals surface area contributed by atoms with Crippen LogP contribution in [0, 0.1) is 13.8 Å². The van der Waals surface area contributed by atoms with Crippen LogP contribution in [0.2, 0.25) is 0 Å². The number of amides is 1. The highest BCUT2D eigenvalue weighted by molar-refractivity contribution is 7.99. The normalized spacial score (nSPS) is 11.5. The Balaban J connectivity index is 1.88. The van der Waals surface area contributed by atoms with Crippen molar-refractivity contribution < 1.29 is 18.0 Å². The number of carbonyl (C=O) groups is 1. The molecule has 3 aromatic rings. The predicted octanol–water partition coefficient (Wildman–Crippen LogP) is 4.32. The summed E-state index contributed by atoms with van der Waals surface area (Å²) in [6.45, 7) is 2.60. The van der Waals surface area contributed by atoms with Gasteiger partial charge in [-0.2, -0.15) is 13.2 Å². The van der Waals surface area contributed by atoms with Gasteiger partial charge in [-0.25, -0.2) is 0 Å². The van der Waals surface area contributed by atoms with Gasteiger partial charge in [0.2, 0.25) is 5.91 Å². The summed E-state index contributed by atoms with van der Waals surface area (Å²) in [5.74, 6) is -0.330. The van der Waals surface area contributed by atoms with Crippen LogP contribution in [-0.4, -0.2) is 39.1 Å². The van der Waals surface area contributed by atoms with Crippen LogP contribution >= 0.6 is 11.8 Å². The number of aromatic nitrogens is 3. The molecule has 0 aliphatic rings. The van der Waals surface area contributed by atoms with E-state index in [-0.39, 0.29) is 5.75 Å². The van der Waals surface area contributed by atoms with Crippen molar-refractivity contribution in [2.24, 2.45) is 0 Å². The smallest absolute Gasteiger partial charge is 0.346 e. The SMILES string of the molecule is Cc1ccc(-c2nnc(SCC(=O)NCC(F)(F)F)n2-c2ccc(C)cc2)cc1. The molecule has 0 bridgehead atoms. The molecule has 9 heteroatoms. The van der Waals surface area contributed by atoms with Crippen molar-refractivity contribution in [3.63, 3.8) is 0 Å². The Bertz CT molecular complexity index is 982. The number of benzene rings is 2. The zero-order chi connectivity index (χ0) is 21.0. The number of rotatable bonds is 6. The maximum absolute atomic E-state index is 12.3. The number of aryl methyl sites for hydroxylation is 2. The Morgan fingerprint density at radius 2 is 1.59 bits per heavy atom. The van der Waals surface area contributed by atoms with E-state index < -0.39 is 18.6 Å². The van der Waals surface area contributed by atoms with Crippen LogP contribution in [0.1, 0.15) is 11.1 Å². The third-order valence-electron chi connectivity index (χ3n) is 4.05. The Hall–Kier alpha value is -2.81. The first kappa shape index (κ1) is 20.9. The Morgan fingerprint density at radius 1 is 1.00 bits per heavy atom. The minimum atomic E-state index is -4.44. The van der Waals surface area contributed by atoms with Crippen LogP contribution < -0.4 is 5.32 Å². The van der Waals surface area contributed by atoms with Crippen LogP contribution in [0.25, 0.3) is 17.1 Å². The minimum Gasteiger partial charge on any atom is -0.346 e. The van der Waals surface area contributed by atoms with Crippen LogP contribution in [-0.2, 0) is 4.79 Å². The topological polar surface area (TPSA) is 59.8 Å². The van der Waals surface area contributed by atoms with Gasteiger partial charge in [0.25, 0.3) is 0 Å². The van der Waals surface area contributed by atoms with Gasteiger partial charge in [-0.3, -0.25) is 9.36 Å². The molecule has 0 fully saturated rings. The largest absolute Gasteiger partial charge is 0.405 e. The van der Waals surface area contributed by atoms with Gasteiger partial charge in [0.15, 0.2) is 11.0 Å². The summed E-state index contributed by atoms with van der Waals surface area (Å²) in [4.78, 5) is 11.8. The third-order valence-corrected chi connectivity index (χ3v) is 4.98. The first-order valence-electron chi connectivity index (χ1n) is 8.79. The van der Waals surface area contributed by atoms with E-state index in [0.29, 0.717) is 11.0 Å².